The standard InChI is InChI=1S/C39H44O9/c1-41-38-36(44-25-30-18-10-4-11-19-30)35(43-24-29-16-8-3-9-17-29)33(48-38)27-46-39-37(45-26-31-20-12-5-13-21-31)34(32(22-40)47-39)42-23-28-14-6-2-7-15-28/h2-21,32-40H,22-27H2,1H3/t32-,33-,34-,35-,36+,37+,38+,39+/m1/s1. The first-order valence-electron chi connectivity index (χ1n) is 16.4. The molecule has 4 aromatic rings. The summed E-state index contributed by atoms with van der Waals surface area (Å²) in [5.41, 5.74) is 4.06. The summed E-state index contributed by atoms with van der Waals surface area (Å²) in [6, 6.07) is 39.7. The fraction of sp³-hybridized carbons (Fsp3) is 0.385. The lowest BCUT2D eigenvalue weighted by molar-refractivity contribution is -0.211. The van der Waals surface area contributed by atoms with Crippen LogP contribution in [0.2, 0.25) is 0 Å². The zero-order valence-electron chi connectivity index (χ0n) is 27.1. The van der Waals surface area contributed by atoms with Gasteiger partial charge in [0.2, 0.25) is 0 Å². The quantitative estimate of drug-likeness (QED) is 0.160. The first kappa shape index (κ1) is 34.4. The third-order valence-corrected chi connectivity index (χ3v) is 8.51. The van der Waals surface area contributed by atoms with Gasteiger partial charge in [0.25, 0.3) is 0 Å². The minimum atomic E-state index is -0.838. The van der Waals surface area contributed by atoms with Crippen LogP contribution in [0, 0.1) is 0 Å². The van der Waals surface area contributed by atoms with Crippen LogP contribution < -0.4 is 0 Å². The summed E-state index contributed by atoms with van der Waals surface area (Å²) in [6.07, 6.45) is -4.94. The average Bonchev–Trinajstić information content (AvgIpc) is 3.67. The molecule has 254 valence electrons. The molecule has 0 radical (unpaired) electrons. The minimum absolute atomic E-state index is 0.101. The van der Waals surface area contributed by atoms with Crippen molar-refractivity contribution in [3.63, 3.8) is 0 Å². The molecule has 2 saturated heterocycles. The Hall–Kier alpha value is -3.48. The van der Waals surface area contributed by atoms with Crippen molar-refractivity contribution in [3.05, 3.63) is 144 Å². The Labute approximate surface area is 282 Å². The fourth-order valence-electron chi connectivity index (χ4n) is 6.00. The lowest BCUT2D eigenvalue weighted by Gasteiger charge is -2.27. The Balaban J connectivity index is 1.17. The molecule has 9 heteroatoms. The summed E-state index contributed by atoms with van der Waals surface area (Å²) in [7, 11) is 1.59. The van der Waals surface area contributed by atoms with Gasteiger partial charge >= 0.3 is 0 Å². The smallest absolute Gasteiger partial charge is 0.187 e. The molecule has 2 fully saturated rings. The van der Waals surface area contributed by atoms with Gasteiger partial charge in [0.15, 0.2) is 12.6 Å². The van der Waals surface area contributed by atoms with Crippen molar-refractivity contribution in [2.75, 3.05) is 20.3 Å². The van der Waals surface area contributed by atoms with Crippen LogP contribution in [0.5, 0.6) is 0 Å². The van der Waals surface area contributed by atoms with Crippen molar-refractivity contribution in [1.29, 1.82) is 0 Å². The average molecular weight is 657 g/mol. The molecule has 0 amide bonds. The minimum Gasteiger partial charge on any atom is -0.394 e. The Morgan fingerprint density at radius 3 is 1.21 bits per heavy atom. The summed E-state index contributed by atoms with van der Waals surface area (Å²) in [5.74, 6) is 0. The zero-order valence-corrected chi connectivity index (χ0v) is 27.1. The molecule has 0 aliphatic carbocycles. The monoisotopic (exact) mass is 656 g/mol. The lowest BCUT2D eigenvalue weighted by Crippen LogP contribution is -2.42. The van der Waals surface area contributed by atoms with Gasteiger partial charge < -0.3 is 43.0 Å². The van der Waals surface area contributed by atoms with E-state index in [0.29, 0.717) is 26.4 Å². The highest BCUT2D eigenvalue weighted by Crippen LogP contribution is 2.33. The number of aliphatic hydroxyl groups is 1. The Kier molecular flexibility index (Phi) is 12.7. The molecule has 0 aromatic heterocycles. The van der Waals surface area contributed by atoms with Crippen molar-refractivity contribution >= 4 is 0 Å². The molecule has 0 unspecified atom stereocenters. The van der Waals surface area contributed by atoms with Crippen LogP contribution >= 0.6 is 0 Å². The molecule has 0 bridgehead atoms. The van der Waals surface area contributed by atoms with Crippen molar-refractivity contribution in [2.24, 2.45) is 0 Å². The number of hydrogen-bond donors (Lipinski definition) is 1. The van der Waals surface area contributed by atoms with Gasteiger partial charge in [0, 0.05) is 7.11 Å². The number of rotatable bonds is 17. The summed E-state index contributed by atoms with van der Waals surface area (Å²) in [5, 5.41) is 10.3. The van der Waals surface area contributed by atoms with Crippen LogP contribution in [-0.4, -0.2) is 74.6 Å². The van der Waals surface area contributed by atoms with Crippen molar-refractivity contribution < 1.29 is 43.0 Å². The molecule has 0 spiro atoms. The van der Waals surface area contributed by atoms with Gasteiger partial charge in [-0.1, -0.05) is 121 Å². The summed E-state index contributed by atoms with van der Waals surface area (Å²) >= 11 is 0. The maximum Gasteiger partial charge on any atom is 0.187 e. The molecule has 6 rings (SSSR count). The normalized spacial score (nSPS) is 27.0. The van der Waals surface area contributed by atoms with E-state index in [1.54, 1.807) is 7.11 Å². The second kappa shape index (κ2) is 17.8. The molecule has 1 N–H and O–H groups in total. The van der Waals surface area contributed by atoms with Gasteiger partial charge in [-0.2, -0.15) is 0 Å². The number of benzene rings is 4. The lowest BCUT2D eigenvalue weighted by atomic mass is 10.1. The number of hydrogen-bond acceptors (Lipinski definition) is 9. The van der Waals surface area contributed by atoms with Crippen LogP contribution in [0.1, 0.15) is 22.3 Å². The first-order chi connectivity index (χ1) is 23.7. The first-order valence-corrected chi connectivity index (χ1v) is 16.4. The van der Waals surface area contributed by atoms with Crippen molar-refractivity contribution in [1.82, 2.24) is 0 Å². The van der Waals surface area contributed by atoms with E-state index in [-0.39, 0.29) is 13.2 Å². The Bertz CT molecular complexity index is 1350. The van der Waals surface area contributed by atoms with Crippen LogP contribution in [0.25, 0.3) is 0 Å². The molecule has 9 nitrogen and oxygen atoms in total. The molecule has 2 heterocycles. The van der Waals surface area contributed by atoms with E-state index >= 15 is 0 Å². The maximum absolute atomic E-state index is 10.3. The topological polar surface area (TPSA) is 94.1 Å². The van der Waals surface area contributed by atoms with Crippen molar-refractivity contribution in [2.45, 2.75) is 75.6 Å². The Morgan fingerprint density at radius 2 is 0.812 bits per heavy atom. The second-order valence-corrected chi connectivity index (χ2v) is 11.9. The highest BCUT2D eigenvalue weighted by molar-refractivity contribution is 5.16. The van der Waals surface area contributed by atoms with E-state index in [2.05, 4.69) is 0 Å². The highest BCUT2D eigenvalue weighted by atomic mass is 16.8. The van der Waals surface area contributed by atoms with E-state index in [1.807, 2.05) is 121 Å². The molecule has 8 atom stereocenters. The third kappa shape index (κ3) is 9.15. The summed E-state index contributed by atoms with van der Waals surface area (Å²) in [4.78, 5) is 0. The molecule has 2 aliphatic heterocycles. The van der Waals surface area contributed by atoms with Crippen LogP contribution in [0.15, 0.2) is 121 Å². The van der Waals surface area contributed by atoms with E-state index in [0.717, 1.165) is 22.3 Å². The van der Waals surface area contributed by atoms with Crippen LogP contribution in [0.3, 0.4) is 0 Å². The molecular formula is C39H44O9. The second-order valence-electron chi connectivity index (χ2n) is 11.9. The van der Waals surface area contributed by atoms with E-state index < -0.39 is 49.2 Å². The van der Waals surface area contributed by atoms with E-state index in [1.165, 1.54) is 0 Å². The van der Waals surface area contributed by atoms with E-state index in [9.17, 15) is 5.11 Å². The summed E-state index contributed by atoms with van der Waals surface area (Å²) < 4.78 is 50.4. The molecule has 0 saturated carbocycles. The van der Waals surface area contributed by atoms with Gasteiger partial charge in [-0.25, -0.2) is 0 Å². The van der Waals surface area contributed by atoms with Gasteiger partial charge in [-0.3, -0.25) is 0 Å². The molecular weight excluding hydrogens is 612 g/mol. The van der Waals surface area contributed by atoms with Gasteiger partial charge in [0.05, 0.1) is 39.6 Å². The van der Waals surface area contributed by atoms with Crippen LogP contribution in [-0.2, 0) is 64.3 Å². The number of ether oxygens (including phenoxy) is 8. The fourth-order valence-corrected chi connectivity index (χ4v) is 6.00. The number of methoxy groups -OCH3 is 1. The zero-order chi connectivity index (χ0) is 33.0. The van der Waals surface area contributed by atoms with E-state index in [4.69, 9.17) is 37.9 Å². The SMILES string of the molecule is CO[C@H]1O[C@H](CO[C@H]2O[C@H](CO)[C@@H](OCc3ccccc3)[C@@H]2OCc2ccccc2)[C@@H](OCc2ccccc2)[C@@H]1OCc1ccccc1. The van der Waals surface area contributed by atoms with Gasteiger partial charge in [-0.15, -0.1) is 0 Å². The van der Waals surface area contributed by atoms with Crippen LogP contribution in [0.4, 0.5) is 0 Å². The van der Waals surface area contributed by atoms with Gasteiger partial charge in [0.1, 0.15) is 36.6 Å². The molecule has 2 aliphatic rings. The molecule has 4 aromatic carbocycles. The predicted molar refractivity (Wildman–Crippen MR) is 177 cm³/mol. The Morgan fingerprint density at radius 1 is 0.458 bits per heavy atom. The van der Waals surface area contributed by atoms with Gasteiger partial charge in [-0.05, 0) is 22.3 Å². The third-order valence-electron chi connectivity index (χ3n) is 8.51. The largest absolute Gasteiger partial charge is 0.394 e. The molecule has 48 heavy (non-hydrogen) atoms. The predicted octanol–water partition coefficient (Wildman–Crippen LogP) is 5.43. The number of aliphatic hydroxyl groups excluding tert-OH is 1. The maximum atomic E-state index is 10.3. The highest BCUT2D eigenvalue weighted by Gasteiger charge is 2.50. The summed E-state index contributed by atoms with van der Waals surface area (Å²) in [6.45, 7) is 1.23. The van der Waals surface area contributed by atoms with Crippen molar-refractivity contribution in [3.8, 4) is 0 Å².